The van der Waals surface area contributed by atoms with Gasteiger partial charge in [-0.3, -0.25) is 5.41 Å². The van der Waals surface area contributed by atoms with Crippen LogP contribution in [0.3, 0.4) is 0 Å². The van der Waals surface area contributed by atoms with Crippen LogP contribution in [0.25, 0.3) is 81.2 Å². The maximum atomic E-state index is 8.98. The van der Waals surface area contributed by atoms with Gasteiger partial charge in [0.05, 0.1) is 10.6 Å². The van der Waals surface area contributed by atoms with Crippen molar-refractivity contribution in [3.63, 3.8) is 0 Å². The van der Waals surface area contributed by atoms with E-state index in [0.29, 0.717) is 0 Å². The van der Waals surface area contributed by atoms with Gasteiger partial charge in [-0.05, 0) is 100 Å². The molecule has 0 aliphatic rings. The molecular weight excluding hydrogens is 661 g/mol. The standard InChI is InChI=1S/C50H32N2S/c51-50(33-15-2-1-3-16-33)52-45(47-31-35-18-6-13-25-46(35)53-47)29-28-40-38-21-9-11-23-41(38)49(42-24-12-10-22-39(40)42)48-37-20-8-5-17-34(37)30-44-36-19-7-4-14-32(36)26-27-43(44)48/h1-31,51H/b29-28+,51-50?,52-45?. The van der Waals surface area contributed by atoms with Crippen LogP contribution in [0.15, 0.2) is 187 Å². The third-order valence-electron chi connectivity index (χ3n) is 10.4. The Kier molecular flexibility index (Phi) is 7.52. The van der Waals surface area contributed by atoms with Gasteiger partial charge < -0.3 is 0 Å². The predicted octanol–water partition coefficient (Wildman–Crippen LogP) is 13.9. The molecule has 53 heavy (non-hydrogen) atoms. The van der Waals surface area contributed by atoms with Gasteiger partial charge in [-0.25, -0.2) is 4.99 Å². The SMILES string of the molecule is N=C(N=C(/C=C/c1c2ccccc2c(-c2c3ccccc3cc3c2ccc2ccccc23)c2ccccc12)c1cc2ccccc2s1)c1ccccc1. The summed E-state index contributed by atoms with van der Waals surface area (Å²) < 4.78 is 1.20. The summed E-state index contributed by atoms with van der Waals surface area (Å²) in [6.45, 7) is 0. The lowest BCUT2D eigenvalue weighted by Crippen LogP contribution is -2.02. The summed E-state index contributed by atoms with van der Waals surface area (Å²) in [5, 5.41) is 22.4. The number of nitrogens with zero attached hydrogens (tertiary/aromatic N) is 1. The van der Waals surface area contributed by atoms with E-state index in [4.69, 9.17) is 10.4 Å². The Morgan fingerprint density at radius 3 is 1.72 bits per heavy atom. The molecular formula is C50H32N2S. The molecule has 0 atom stereocenters. The van der Waals surface area contributed by atoms with Gasteiger partial charge >= 0.3 is 0 Å². The Morgan fingerprint density at radius 2 is 1.00 bits per heavy atom. The number of aliphatic imine (C=N–C) groups is 1. The summed E-state index contributed by atoms with van der Waals surface area (Å²) >= 11 is 1.71. The molecule has 0 saturated carbocycles. The van der Waals surface area contributed by atoms with Crippen LogP contribution in [0.2, 0.25) is 0 Å². The second-order valence-electron chi connectivity index (χ2n) is 13.4. The summed E-state index contributed by atoms with van der Waals surface area (Å²) in [5.41, 5.74) is 5.19. The molecule has 0 fully saturated rings. The Balaban J connectivity index is 1.24. The van der Waals surface area contributed by atoms with E-state index in [1.807, 2.05) is 30.3 Å². The van der Waals surface area contributed by atoms with E-state index in [1.165, 1.54) is 75.1 Å². The number of rotatable bonds is 5. The third kappa shape index (κ3) is 5.33. The largest absolute Gasteiger partial charge is 0.282 e. The molecule has 9 aromatic carbocycles. The highest BCUT2D eigenvalue weighted by molar-refractivity contribution is 7.21. The average molecular weight is 693 g/mol. The van der Waals surface area contributed by atoms with Crippen LogP contribution in [-0.4, -0.2) is 11.5 Å². The smallest absolute Gasteiger partial charge is 0.152 e. The van der Waals surface area contributed by atoms with Crippen LogP contribution in [-0.2, 0) is 0 Å². The summed E-state index contributed by atoms with van der Waals surface area (Å²) in [4.78, 5) is 6.00. The predicted molar refractivity (Wildman–Crippen MR) is 230 cm³/mol. The van der Waals surface area contributed by atoms with E-state index in [2.05, 4.69) is 158 Å². The molecule has 0 amide bonds. The van der Waals surface area contributed by atoms with Gasteiger partial charge in [0.2, 0.25) is 0 Å². The van der Waals surface area contributed by atoms with Crippen LogP contribution in [0.4, 0.5) is 0 Å². The van der Waals surface area contributed by atoms with Crippen LogP contribution >= 0.6 is 11.3 Å². The number of allylic oxidation sites excluding steroid dienone is 1. The summed E-state index contributed by atoms with van der Waals surface area (Å²) in [5.74, 6) is 0.239. The molecule has 1 aromatic heterocycles. The third-order valence-corrected chi connectivity index (χ3v) is 11.5. The minimum atomic E-state index is 0.239. The van der Waals surface area contributed by atoms with E-state index in [1.54, 1.807) is 11.3 Å². The van der Waals surface area contributed by atoms with Crippen molar-refractivity contribution in [2.75, 3.05) is 0 Å². The zero-order chi connectivity index (χ0) is 35.3. The molecule has 0 aliphatic heterocycles. The number of nitrogens with one attached hydrogen (secondary N) is 1. The first-order chi connectivity index (χ1) is 26.2. The van der Waals surface area contributed by atoms with Crippen LogP contribution < -0.4 is 0 Å². The Hall–Kier alpha value is -6.68. The molecule has 10 rings (SSSR count). The first kappa shape index (κ1) is 31.1. The molecule has 0 saturated heterocycles. The molecule has 2 nitrogen and oxygen atoms in total. The van der Waals surface area contributed by atoms with E-state index in [9.17, 15) is 0 Å². The maximum Gasteiger partial charge on any atom is 0.152 e. The lowest BCUT2D eigenvalue weighted by Gasteiger charge is -2.20. The highest BCUT2D eigenvalue weighted by Crippen LogP contribution is 2.46. The summed E-state index contributed by atoms with van der Waals surface area (Å²) in [7, 11) is 0. The second kappa shape index (κ2) is 12.8. The van der Waals surface area contributed by atoms with Crippen molar-refractivity contribution in [3.05, 3.63) is 198 Å². The normalized spacial score (nSPS) is 12.3. The van der Waals surface area contributed by atoms with Crippen molar-refractivity contribution in [2.24, 2.45) is 4.99 Å². The molecule has 0 radical (unpaired) electrons. The number of hydrogen-bond donors (Lipinski definition) is 1. The average Bonchev–Trinajstić information content (AvgIpc) is 3.66. The van der Waals surface area contributed by atoms with Crippen molar-refractivity contribution >= 4 is 92.9 Å². The zero-order valence-corrected chi connectivity index (χ0v) is 29.6. The fourth-order valence-electron chi connectivity index (χ4n) is 7.93. The number of fused-ring (bicyclic) bond motifs is 7. The van der Waals surface area contributed by atoms with Crippen LogP contribution in [0, 0.1) is 5.41 Å². The van der Waals surface area contributed by atoms with Crippen LogP contribution in [0.1, 0.15) is 16.0 Å². The Bertz CT molecular complexity index is 3040. The fraction of sp³-hybridized carbons (Fsp3) is 0. The molecule has 3 heteroatoms. The van der Waals surface area contributed by atoms with E-state index in [0.717, 1.165) is 21.7 Å². The highest BCUT2D eigenvalue weighted by Gasteiger charge is 2.19. The highest BCUT2D eigenvalue weighted by atomic mass is 32.1. The topological polar surface area (TPSA) is 36.2 Å². The Labute approximate surface area is 311 Å². The van der Waals surface area contributed by atoms with E-state index >= 15 is 0 Å². The molecule has 0 spiro atoms. The van der Waals surface area contributed by atoms with Crippen molar-refractivity contribution in [1.82, 2.24) is 0 Å². The van der Waals surface area contributed by atoms with E-state index in [-0.39, 0.29) is 5.84 Å². The van der Waals surface area contributed by atoms with Gasteiger partial charge in [0, 0.05) is 10.3 Å². The molecule has 248 valence electrons. The lowest BCUT2D eigenvalue weighted by atomic mass is 9.83. The van der Waals surface area contributed by atoms with Crippen molar-refractivity contribution in [3.8, 4) is 11.1 Å². The summed E-state index contributed by atoms with van der Waals surface area (Å²) in [6, 6.07) is 62.4. The van der Waals surface area contributed by atoms with Gasteiger partial charge in [0.1, 0.15) is 0 Å². The van der Waals surface area contributed by atoms with Crippen molar-refractivity contribution in [2.45, 2.75) is 0 Å². The van der Waals surface area contributed by atoms with Gasteiger partial charge in [-0.15, -0.1) is 11.3 Å². The van der Waals surface area contributed by atoms with Gasteiger partial charge in [0.25, 0.3) is 0 Å². The number of amidine groups is 1. The second-order valence-corrected chi connectivity index (χ2v) is 14.5. The number of thiophene rings is 1. The number of benzene rings is 9. The van der Waals surface area contributed by atoms with Gasteiger partial charge in [-0.2, -0.15) is 0 Å². The molecule has 0 aliphatic carbocycles. The lowest BCUT2D eigenvalue weighted by molar-refractivity contribution is 1.42. The number of hydrogen-bond acceptors (Lipinski definition) is 2. The molecule has 0 unspecified atom stereocenters. The van der Waals surface area contributed by atoms with E-state index < -0.39 is 0 Å². The van der Waals surface area contributed by atoms with Gasteiger partial charge in [-0.1, -0.05) is 164 Å². The molecule has 10 aromatic rings. The molecule has 1 N–H and O–H groups in total. The monoisotopic (exact) mass is 692 g/mol. The maximum absolute atomic E-state index is 8.98. The fourth-order valence-corrected chi connectivity index (χ4v) is 8.96. The van der Waals surface area contributed by atoms with Gasteiger partial charge in [0.15, 0.2) is 5.84 Å². The quantitative estimate of drug-likeness (QED) is 0.0807. The van der Waals surface area contributed by atoms with Crippen molar-refractivity contribution < 1.29 is 0 Å². The molecule has 0 bridgehead atoms. The zero-order valence-electron chi connectivity index (χ0n) is 28.8. The molecule has 1 heterocycles. The first-order valence-corrected chi connectivity index (χ1v) is 18.7. The summed E-state index contributed by atoms with van der Waals surface area (Å²) in [6.07, 6.45) is 4.32. The minimum Gasteiger partial charge on any atom is -0.282 e. The minimum absolute atomic E-state index is 0.239. The van der Waals surface area contributed by atoms with Crippen molar-refractivity contribution in [1.29, 1.82) is 5.41 Å². The van der Waals surface area contributed by atoms with Crippen LogP contribution in [0.5, 0.6) is 0 Å². The first-order valence-electron chi connectivity index (χ1n) is 17.9. The Morgan fingerprint density at radius 1 is 0.453 bits per heavy atom.